The fourth-order valence-electron chi connectivity index (χ4n) is 3.34. The molecule has 2 aromatic carbocycles. The topological polar surface area (TPSA) is 63.3 Å². The number of amides is 1. The van der Waals surface area contributed by atoms with Gasteiger partial charge in [-0.05, 0) is 55.3 Å². The Bertz CT molecular complexity index is 1030. The molecule has 4 rings (SSSR count). The molecule has 0 aliphatic carbocycles. The quantitative estimate of drug-likeness (QED) is 0.729. The second-order valence-electron chi connectivity index (χ2n) is 6.73. The predicted octanol–water partition coefficient (Wildman–Crippen LogP) is 3.62. The number of H-pyrrole nitrogens is 1. The number of aromatic amines is 1. The first kappa shape index (κ1) is 17.2. The standard InChI is InChI=1S/C22H22N2O3/c1-14-3-5-20-19(9-14)15(12-24-20)7-8-23-22(25)17-10-16-11-18(26-2)4-6-21(16)27-13-17/h3-6,9-12,24H,7-8,13H2,1-2H3,(H,23,25). The Morgan fingerprint density at radius 1 is 1.26 bits per heavy atom. The molecular weight excluding hydrogens is 340 g/mol. The number of carbonyl (C=O) groups excluding carboxylic acids is 1. The van der Waals surface area contributed by atoms with Gasteiger partial charge in [0.2, 0.25) is 0 Å². The Kier molecular flexibility index (Phi) is 4.59. The fraction of sp³-hybridized carbons (Fsp3) is 0.227. The van der Waals surface area contributed by atoms with Crippen molar-refractivity contribution in [3.8, 4) is 11.5 Å². The van der Waals surface area contributed by atoms with Crippen LogP contribution in [-0.4, -0.2) is 31.2 Å². The summed E-state index contributed by atoms with van der Waals surface area (Å²) in [7, 11) is 1.62. The summed E-state index contributed by atoms with van der Waals surface area (Å²) >= 11 is 0. The maximum atomic E-state index is 12.5. The Morgan fingerprint density at radius 2 is 2.15 bits per heavy atom. The molecule has 2 N–H and O–H groups in total. The maximum Gasteiger partial charge on any atom is 0.250 e. The van der Waals surface area contributed by atoms with Crippen molar-refractivity contribution in [2.45, 2.75) is 13.3 Å². The van der Waals surface area contributed by atoms with Gasteiger partial charge >= 0.3 is 0 Å². The summed E-state index contributed by atoms with van der Waals surface area (Å²) < 4.78 is 10.9. The monoisotopic (exact) mass is 362 g/mol. The van der Waals surface area contributed by atoms with Gasteiger partial charge in [0.15, 0.2) is 0 Å². The van der Waals surface area contributed by atoms with Crippen LogP contribution in [0.5, 0.6) is 11.5 Å². The second kappa shape index (κ2) is 7.19. The molecule has 5 nitrogen and oxygen atoms in total. The normalized spacial score (nSPS) is 12.9. The summed E-state index contributed by atoms with van der Waals surface area (Å²) in [6.07, 6.45) is 4.65. The number of hydrogen-bond acceptors (Lipinski definition) is 3. The van der Waals surface area contributed by atoms with E-state index in [1.165, 1.54) is 16.5 Å². The van der Waals surface area contributed by atoms with Crippen LogP contribution in [0.3, 0.4) is 0 Å². The third kappa shape index (κ3) is 3.53. The van der Waals surface area contributed by atoms with Gasteiger partial charge in [-0.2, -0.15) is 0 Å². The summed E-state index contributed by atoms with van der Waals surface area (Å²) in [6.45, 7) is 2.93. The van der Waals surface area contributed by atoms with Crippen LogP contribution in [-0.2, 0) is 11.2 Å². The Hall–Kier alpha value is -3.21. The zero-order valence-electron chi connectivity index (χ0n) is 15.5. The van der Waals surface area contributed by atoms with Crippen molar-refractivity contribution < 1.29 is 14.3 Å². The highest BCUT2D eigenvalue weighted by molar-refractivity contribution is 5.99. The molecule has 0 saturated heterocycles. The average molecular weight is 362 g/mol. The van der Waals surface area contributed by atoms with E-state index in [9.17, 15) is 4.79 Å². The third-order valence-corrected chi connectivity index (χ3v) is 4.82. The minimum atomic E-state index is -0.0977. The van der Waals surface area contributed by atoms with E-state index in [-0.39, 0.29) is 12.5 Å². The molecule has 3 aromatic rings. The number of fused-ring (bicyclic) bond motifs is 2. The molecule has 0 radical (unpaired) electrons. The first-order valence-electron chi connectivity index (χ1n) is 9.00. The van der Waals surface area contributed by atoms with E-state index in [0.717, 1.165) is 29.0 Å². The first-order chi connectivity index (χ1) is 13.1. The van der Waals surface area contributed by atoms with Crippen molar-refractivity contribution >= 4 is 22.9 Å². The van der Waals surface area contributed by atoms with E-state index in [4.69, 9.17) is 9.47 Å². The Morgan fingerprint density at radius 3 is 3.00 bits per heavy atom. The van der Waals surface area contributed by atoms with Gasteiger partial charge in [0.25, 0.3) is 5.91 Å². The van der Waals surface area contributed by atoms with Crippen LogP contribution in [0.15, 0.2) is 48.2 Å². The van der Waals surface area contributed by atoms with Crippen molar-refractivity contribution in [1.29, 1.82) is 0 Å². The van der Waals surface area contributed by atoms with Crippen molar-refractivity contribution in [1.82, 2.24) is 10.3 Å². The van der Waals surface area contributed by atoms with E-state index < -0.39 is 0 Å². The molecule has 0 bridgehead atoms. The molecule has 27 heavy (non-hydrogen) atoms. The average Bonchev–Trinajstić information content (AvgIpc) is 3.09. The zero-order valence-corrected chi connectivity index (χ0v) is 15.5. The molecule has 0 atom stereocenters. The summed E-state index contributed by atoms with van der Waals surface area (Å²) in [6, 6.07) is 11.9. The smallest absolute Gasteiger partial charge is 0.250 e. The Labute approximate surface area is 158 Å². The van der Waals surface area contributed by atoms with Crippen molar-refractivity contribution in [2.24, 2.45) is 0 Å². The molecule has 0 fully saturated rings. The minimum absolute atomic E-state index is 0.0977. The van der Waals surface area contributed by atoms with Crippen LogP contribution in [0.25, 0.3) is 17.0 Å². The zero-order chi connectivity index (χ0) is 18.8. The molecular formula is C22H22N2O3. The number of nitrogens with one attached hydrogen (secondary N) is 2. The lowest BCUT2D eigenvalue weighted by atomic mass is 10.1. The summed E-state index contributed by atoms with van der Waals surface area (Å²) in [5.41, 5.74) is 5.03. The van der Waals surface area contributed by atoms with Crippen LogP contribution >= 0.6 is 0 Å². The summed E-state index contributed by atoms with van der Waals surface area (Å²) in [5, 5.41) is 4.21. The number of rotatable bonds is 5. The molecule has 0 spiro atoms. The van der Waals surface area contributed by atoms with E-state index in [2.05, 4.69) is 35.4 Å². The van der Waals surface area contributed by atoms with E-state index in [1.807, 2.05) is 30.5 Å². The molecule has 1 aromatic heterocycles. The first-order valence-corrected chi connectivity index (χ1v) is 9.00. The van der Waals surface area contributed by atoms with Gasteiger partial charge in [0, 0.05) is 29.2 Å². The van der Waals surface area contributed by atoms with Crippen molar-refractivity contribution in [2.75, 3.05) is 20.3 Å². The Balaban J connectivity index is 1.42. The van der Waals surface area contributed by atoms with Crippen LogP contribution in [0.2, 0.25) is 0 Å². The van der Waals surface area contributed by atoms with Gasteiger partial charge < -0.3 is 19.8 Å². The van der Waals surface area contributed by atoms with Crippen molar-refractivity contribution in [3.63, 3.8) is 0 Å². The van der Waals surface area contributed by atoms with Crippen LogP contribution in [0, 0.1) is 6.92 Å². The number of benzene rings is 2. The SMILES string of the molecule is COc1ccc2c(c1)C=C(C(=O)NCCc1c[nH]c3ccc(C)cc13)CO2. The van der Waals surface area contributed by atoms with Gasteiger partial charge in [-0.25, -0.2) is 0 Å². The molecule has 1 amide bonds. The van der Waals surface area contributed by atoms with E-state index in [1.54, 1.807) is 7.11 Å². The van der Waals surface area contributed by atoms with Gasteiger partial charge in [0.1, 0.15) is 18.1 Å². The number of ether oxygens (including phenoxy) is 2. The number of aromatic nitrogens is 1. The van der Waals surface area contributed by atoms with Crippen LogP contribution < -0.4 is 14.8 Å². The molecule has 1 aliphatic heterocycles. The molecule has 5 heteroatoms. The van der Waals surface area contributed by atoms with Gasteiger partial charge in [-0.3, -0.25) is 4.79 Å². The van der Waals surface area contributed by atoms with Crippen molar-refractivity contribution in [3.05, 3.63) is 64.9 Å². The number of methoxy groups -OCH3 is 1. The third-order valence-electron chi connectivity index (χ3n) is 4.82. The highest BCUT2D eigenvalue weighted by Gasteiger charge is 2.17. The van der Waals surface area contributed by atoms with E-state index >= 15 is 0 Å². The second-order valence-corrected chi connectivity index (χ2v) is 6.73. The largest absolute Gasteiger partial charge is 0.497 e. The number of aryl methyl sites for hydroxylation is 1. The van der Waals surface area contributed by atoms with Crippen LogP contribution in [0.1, 0.15) is 16.7 Å². The summed E-state index contributed by atoms with van der Waals surface area (Å²) in [5.74, 6) is 1.41. The predicted molar refractivity (Wildman–Crippen MR) is 106 cm³/mol. The van der Waals surface area contributed by atoms with E-state index in [0.29, 0.717) is 12.1 Å². The highest BCUT2D eigenvalue weighted by atomic mass is 16.5. The van der Waals surface area contributed by atoms with Gasteiger partial charge in [0.05, 0.1) is 12.7 Å². The summed E-state index contributed by atoms with van der Waals surface area (Å²) in [4.78, 5) is 15.8. The lowest BCUT2D eigenvalue weighted by Crippen LogP contribution is -2.30. The molecule has 1 aliphatic rings. The minimum Gasteiger partial charge on any atom is -0.497 e. The number of carbonyl (C=O) groups is 1. The van der Waals surface area contributed by atoms with Gasteiger partial charge in [-0.1, -0.05) is 11.6 Å². The van der Waals surface area contributed by atoms with Crippen LogP contribution in [0.4, 0.5) is 0 Å². The highest BCUT2D eigenvalue weighted by Crippen LogP contribution is 2.30. The lowest BCUT2D eigenvalue weighted by Gasteiger charge is -2.18. The molecule has 0 saturated carbocycles. The fourth-order valence-corrected chi connectivity index (χ4v) is 3.34. The maximum absolute atomic E-state index is 12.5. The molecule has 2 heterocycles. The van der Waals surface area contributed by atoms with Gasteiger partial charge in [-0.15, -0.1) is 0 Å². The number of hydrogen-bond donors (Lipinski definition) is 2. The lowest BCUT2D eigenvalue weighted by molar-refractivity contribution is -0.117. The molecule has 0 unspecified atom stereocenters. The molecule has 138 valence electrons.